The van der Waals surface area contributed by atoms with Gasteiger partial charge in [0.2, 0.25) is 11.8 Å². The Morgan fingerprint density at radius 3 is 2.48 bits per heavy atom. The summed E-state index contributed by atoms with van der Waals surface area (Å²) in [6.07, 6.45) is 2.01. The number of hydrogen-bond donors (Lipinski definition) is 1. The van der Waals surface area contributed by atoms with Crippen LogP contribution in [0.5, 0.6) is 0 Å². The topological polar surface area (TPSA) is 73.2 Å². The number of benzene rings is 1. The highest BCUT2D eigenvalue weighted by molar-refractivity contribution is 8.03. The van der Waals surface area contributed by atoms with Crippen molar-refractivity contribution in [1.29, 1.82) is 5.26 Å². The van der Waals surface area contributed by atoms with Crippen molar-refractivity contribution in [3.8, 4) is 6.07 Å². The summed E-state index contributed by atoms with van der Waals surface area (Å²) in [4.78, 5) is 26.5. The first-order valence-electron chi connectivity index (χ1n) is 9.10. The number of allylic oxidation sites excluding steroid dienone is 1. The summed E-state index contributed by atoms with van der Waals surface area (Å²) >= 11 is 7.17. The lowest BCUT2D eigenvalue weighted by Crippen LogP contribution is -2.35. The Hall–Kier alpha value is -1.97. The lowest BCUT2D eigenvalue weighted by molar-refractivity contribution is -0.128. The van der Waals surface area contributed by atoms with Crippen LogP contribution in [0.4, 0.5) is 0 Å². The molecule has 0 unspecified atom stereocenters. The van der Waals surface area contributed by atoms with Gasteiger partial charge in [0.15, 0.2) is 0 Å². The van der Waals surface area contributed by atoms with Crippen LogP contribution in [0.3, 0.4) is 0 Å². The van der Waals surface area contributed by atoms with E-state index in [1.165, 1.54) is 11.8 Å². The summed E-state index contributed by atoms with van der Waals surface area (Å²) in [5.41, 5.74) is 1.36. The summed E-state index contributed by atoms with van der Waals surface area (Å²) in [6, 6.07) is 9.40. The van der Waals surface area contributed by atoms with Gasteiger partial charge in [0, 0.05) is 30.5 Å². The van der Waals surface area contributed by atoms with Crippen molar-refractivity contribution < 1.29 is 9.59 Å². The lowest BCUT2D eigenvalue weighted by atomic mass is 9.87. The highest BCUT2D eigenvalue weighted by atomic mass is 35.5. The molecule has 2 rings (SSSR count). The number of nitriles is 1. The summed E-state index contributed by atoms with van der Waals surface area (Å²) in [5.74, 6) is -0.242. The number of nitrogens with zero attached hydrogens (tertiary/aromatic N) is 2. The van der Waals surface area contributed by atoms with Crippen LogP contribution in [0.1, 0.15) is 44.6 Å². The van der Waals surface area contributed by atoms with E-state index in [-0.39, 0.29) is 29.9 Å². The second-order valence-electron chi connectivity index (χ2n) is 6.38. The molecule has 1 atom stereocenters. The van der Waals surface area contributed by atoms with Crippen molar-refractivity contribution in [3.05, 3.63) is 45.5 Å². The third-order valence-corrected chi connectivity index (χ3v) is 5.56. The Morgan fingerprint density at radius 1 is 1.30 bits per heavy atom. The van der Waals surface area contributed by atoms with Crippen molar-refractivity contribution in [2.45, 2.75) is 39.0 Å². The Balaban J connectivity index is 2.19. The number of carbonyl (C=O) groups excluding carboxylic acids is 2. The Labute approximate surface area is 169 Å². The monoisotopic (exact) mass is 405 g/mol. The fourth-order valence-electron chi connectivity index (χ4n) is 3.04. The summed E-state index contributed by atoms with van der Waals surface area (Å²) in [6.45, 7) is 5.52. The van der Waals surface area contributed by atoms with E-state index in [1.54, 1.807) is 12.1 Å². The van der Waals surface area contributed by atoms with Gasteiger partial charge in [0.1, 0.15) is 0 Å². The highest BCUT2D eigenvalue weighted by Gasteiger charge is 2.30. The van der Waals surface area contributed by atoms with Gasteiger partial charge in [-0.05, 0) is 30.5 Å². The SMILES string of the molecule is CCCN(CCC)C(=O)CSC1=C(C#N)[C@@H](c2ccc(Cl)cc2)CC(=O)N1. The summed E-state index contributed by atoms with van der Waals surface area (Å²) in [5, 5.41) is 13.5. The molecular weight excluding hydrogens is 382 g/mol. The van der Waals surface area contributed by atoms with Gasteiger partial charge in [0.05, 0.1) is 22.4 Å². The lowest BCUT2D eigenvalue weighted by Gasteiger charge is -2.26. The molecule has 1 N–H and O–H groups in total. The minimum absolute atomic E-state index is 0.0244. The molecule has 7 heteroatoms. The maximum absolute atomic E-state index is 12.5. The molecular formula is C20H24ClN3O2S. The smallest absolute Gasteiger partial charge is 0.232 e. The third-order valence-electron chi connectivity index (χ3n) is 4.31. The molecule has 0 bridgehead atoms. The molecule has 0 saturated heterocycles. The van der Waals surface area contributed by atoms with Crippen LogP contribution in [-0.4, -0.2) is 35.6 Å². The average molecular weight is 406 g/mol. The number of carbonyl (C=O) groups is 2. The van der Waals surface area contributed by atoms with E-state index in [0.717, 1.165) is 31.5 Å². The van der Waals surface area contributed by atoms with Crippen LogP contribution in [0.25, 0.3) is 0 Å². The molecule has 1 aliphatic rings. The molecule has 1 aliphatic heterocycles. The zero-order valence-corrected chi connectivity index (χ0v) is 17.2. The quantitative estimate of drug-likeness (QED) is 0.707. The van der Waals surface area contributed by atoms with E-state index in [2.05, 4.69) is 11.4 Å². The van der Waals surface area contributed by atoms with Crippen molar-refractivity contribution in [1.82, 2.24) is 10.2 Å². The number of halogens is 1. The first-order chi connectivity index (χ1) is 13.0. The molecule has 5 nitrogen and oxygen atoms in total. The van der Waals surface area contributed by atoms with Crippen LogP contribution in [-0.2, 0) is 9.59 Å². The van der Waals surface area contributed by atoms with Crippen LogP contribution >= 0.6 is 23.4 Å². The third kappa shape index (κ3) is 5.75. The zero-order valence-electron chi connectivity index (χ0n) is 15.6. The van der Waals surface area contributed by atoms with E-state index >= 15 is 0 Å². The van der Waals surface area contributed by atoms with Crippen molar-refractivity contribution in [3.63, 3.8) is 0 Å². The maximum Gasteiger partial charge on any atom is 0.232 e. The Kier molecular flexibility index (Phi) is 8.21. The number of nitrogens with one attached hydrogen (secondary N) is 1. The molecule has 0 aromatic heterocycles. The molecule has 27 heavy (non-hydrogen) atoms. The van der Waals surface area contributed by atoms with Gasteiger partial charge < -0.3 is 10.2 Å². The number of rotatable bonds is 8. The Bertz CT molecular complexity index is 749. The molecule has 0 saturated carbocycles. The molecule has 0 fully saturated rings. The largest absolute Gasteiger partial charge is 0.342 e. The van der Waals surface area contributed by atoms with Crippen molar-refractivity contribution >= 4 is 35.2 Å². The van der Waals surface area contributed by atoms with Gasteiger partial charge >= 0.3 is 0 Å². The minimum Gasteiger partial charge on any atom is -0.342 e. The van der Waals surface area contributed by atoms with Gasteiger partial charge in [-0.15, -0.1) is 0 Å². The molecule has 1 aromatic carbocycles. The average Bonchev–Trinajstić information content (AvgIpc) is 2.66. The first-order valence-corrected chi connectivity index (χ1v) is 10.5. The van der Waals surface area contributed by atoms with Crippen molar-refractivity contribution in [2.75, 3.05) is 18.8 Å². The number of thioether (sulfide) groups is 1. The van der Waals surface area contributed by atoms with E-state index in [1.807, 2.05) is 30.9 Å². The molecule has 1 heterocycles. The fourth-order valence-corrected chi connectivity index (χ4v) is 4.14. The molecule has 1 aromatic rings. The summed E-state index contributed by atoms with van der Waals surface area (Å²) in [7, 11) is 0. The summed E-state index contributed by atoms with van der Waals surface area (Å²) < 4.78 is 0. The first kappa shape index (κ1) is 21.3. The van der Waals surface area contributed by atoms with E-state index in [0.29, 0.717) is 15.6 Å². The van der Waals surface area contributed by atoms with Crippen LogP contribution in [0.15, 0.2) is 34.9 Å². The van der Waals surface area contributed by atoms with E-state index < -0.39 is 0 Å². The van der Waals surface area contributed by atoms with Gasteiger partial charge in [-0.2, -0.15) is 5.26 Å². The fraction of sp³-hybridized carbons (Fsp3) is 0.450. The molecule has 2 amide bonds. The molecule has 144 valence electrons. The van der Waals surface area contributed by atoms with Gasteiger partial charge in [-0.25, -0.2) is 0 Å². The molecule has 0 radical (unpaired) electrons. The van der Waals surface area contributed by atoms with Crippen molar-refractivity contribution in [2.24, 2.45) is 0 Å². The van der Waals surface area contributed by atoms with Gasteiger partial charge in [-0.1, -0.05) is 49.3 Å². The second kappa shape index (κ2) is 10.4. The zero-order chi connectivity index (χ0) is 19.8. The molecule has 0 spiro atoms. The maximum atomic E-state index is 12.5. The Morgan fingerprint density at radius 2 is 1.93 bits per heavy atom. The standard InChI is InChI=1S/C20H24ClN3O2S/c1-3-9-24(10-4-2)19(26)13-27-20-17(12-22)16(11-18(25)23-20)14-5-7-15(21)8-6-14/h5-8,16H,3-4,9-11,13H2,1-2H3,(H,23,25)/t16-/m1/s1. The normalized spacial score (nSPS) is 16.7. The van der Waals surface area contributed by atoms with Crippen LogP contribution in [0.2, 0.25) is 5.02 Å². The number of hydrogen-bond acceptors (Lipinski definition) is 4. The predicted octanol–water partition coefficient (Wildman–Crippen LogP) is 4.06. The highest BCUT2D eigenvalue weighted by Crippen LogP contribution is 2.36. The van der Waals surface area contributed by atoms with Crippen LogP contribution in [0, 0.1) is 11.3 Å². The number of amides is 2. The van der Waals surface area contributed by atoms with Crippen LogP contribution < -0.4 is 5.32 Å². The minimum atomic E-state index is -0.319. The second-order valence-corrected chi connectivity index (χ2v) is 7.80. The van der Waals surface area contributed by atoms with Gasteiger partial charge in [-0.3, -0.25) is 9.59 Å². The molecule has 0 aliphatic carbocycles. The van der Waals surface area contributed by atoms with Gasteiger partial charge in [0.25, 0.3) is 0 Å². The van der Waals surface area contributed by atoms with E-state index in [9.17, 15) is 14.9 Å². The predicted molar refractivity (Wildman–Crippen MR) is 109 cm³/mol. The van der Waals surface area contributed by atoms with E-state index in [4.69, 9.17) is 11.6 Å².